The molecule has 1 aromatic heterocycles. The Bertz CT molecular complexity index is 1280. The van der Waals surface area contributed by atoms with Crippen LogP contribution in [0, 0.1) is 0 Å². The molecule has 1 fully saturated rings. The number of nitrogens with zero attached hydrogens (tertiary/aromatic N) is 2. The lowest BCUT2D eigenvalue weighted by atomic mass is 10.0. The first-order valence-electron chi connectivity index (χ1n) is 12.0. The van der Waals surface area contributed by atoms with Gasteiger partial charge >= 0.3 is 0 Å². The SMILES string of the molecule is CC1(C)OC[C@H](Cc2ccccc2)N1C(=O)C(O)c1ccn(-c2ccc(-c3ccccc3)cc2)c1. The van der Waals surface area contributed by atoms with Crippen LogP contribution in [0.5, 0.6) is 0 Å². The Morgan fingerprint density at radius 1 is 0.943 bits per heavy atom. The van der Waals surface area contributed by atoms with Gasteiger partial charge in [0.15, 0.2) is 6.10 Å². The first-order chi connectivity index (χ1) is 16.9. The Hall–Kier alpha value is -3.67. The van der Waals surface area contributed by atoms with Crippen LogP contribution < -0.4 is 0 Å². The number of amides is 1. The zero-order valence-electron chi connectivity index (χ0n) is 20.0. The van der Waals surface area contributed by atoms with Crippen molar-refractivity contribution in [2.24, 2.45) is 0 Å². The molecule has 1 aliphatic rings. The fourth-order valence-corrected chi connectivity index (χ4v) is 4.83. The number of hydrogen-bond donors (Lipinski definition) is 1. The summed E-state index contributed by atoms with van der Waals surface area (Å²) in [6.07, 6.45) is 3.10. The van der Waals surface area contributed by atoms with Crippen LogP contribution in [0.15, 0.2) is 103 Å². The molecular formula is C30H30N2O3. The van der Waals surface area contributed by atoms with Crippen LogP contribution in [0.1, 0.15) is 31.1 Å². The third-order valence-electron chi connectivity index (χ3n) is 6.66. The van der Waals surface area contributed by atoms with Gasteiger partial charge in [-0.25, -0.2) is 0 Å². The van der Waals surface area contributed by atoms with Crippen LogP contribution in [0.4, 0.5) is 0 Å². The molecule has 1 amide bonds. The minimum Gasteiger partial charge on any atom is -0.378 e. The first-order valence-corrected chi connectivity index (χ1v) is 12.0. The van der Waals surface area contributed by atoms with Crippen molar-refractivity contribution < 1.29 is 14.6 Å². The Balaban J connectivity index is 1.33. The van der Waals surface area contributed by atoms with Crippen LogP contribution in [0.25, 0.3) is 16.8 Å². The van der Waals surface area contributed by atoms with E-state index in [1.165, 1.54) is 0 Å². The topological polar surface area (TPSA) is 54.7 Å². The van der Waals surface area contributed by atoms with Gasteiger partial charge in [0.05, 0.1) is 12.6 Å². The van der Waals surface area contributed by atoms with Gasteiger partial charge in [0.25, 0.3) is 5.91 Å². The number of aliphatic hydroxyl groups is 1. The highest BCUT2D eigenvalue weighted by molar-refractivity contribution is 5.83. The van der Waals surface area contributed by atoms with E-state index < -0.39 is 11.8 Å². The van der Waals surface area contributed by atoms with E-state index in [2.05, 4.69) is 24.3 Å². The molecule has 0 radical (unpaired) electrons. The molecular weight excluding hydrogens is 436 g/mol. The molecule has 0 bridgehead atoms. The number of aliphatic hydroxyl groups excluding tert-OH is 1. The summed E-state index contributed by atoms with van der Waals surface area (Å²) in [5.41, 5.74) is 4.17. The molecule has 1 saturated heterocycles. The monoisotopic (exact) mass is 466 g/mol. The van der Waals surface area contributed by atoms with Gasteiger partial charge < -0.3 is 19.3 Å². The van der Waals surface area contributed by atoms with E-state index >= 15 is 0 Å². The molecule has 5 rings (SSSR count). The minimum atomic E-state index is -1.26. The summed E-state index contributed by atoms with van der Waals surface area (Å²) in [6, 6.07) is 30.2. The van der Waals surface area contributed by atoms with Crippen LogP contribution in [0.2, 0.25) is 0 Å². The number of carbonyl (C=O) groups is 1. The summed E-state index contributed by atoms with van der Waals surface area (Å²) in [6.45, 7) is 4.19. The molecule has 0 saturated carbocycles. The lowest BCUT2D eigenvalue weighted by Gasteiger charge is -2.35. The average molecular weight is 467 g/mol. The van der Waals surface area contributed by atoms with E-state index in [4.69, 9.17) is 4.74 Å². The highest BCUT2D eigenvalue weighted by atomic mass is 16.5. The second-order valence-corrected chi connectivity index (χ2v) is 9.48. The summed E-state index contributed by atoms with van der Waals surface area (Å²) in [5.74, 6) is -0.342. The van der Waals surface area contributed by atoms with Crippen molar-refractivity contribution in [2.45, 2.75) is 38.1 Å². The summed E-state index contributed by atoms with van der Waals surface area (Å²) in [7, 11) is 0. The van der Waals surface area contributed by atoms with E-state index in [1.807, 2.05) is 91.5 Å². The number of hydrogen-bond acceptors (Lipinski definition) is 3. The first kappa shape index (κ1) is 23.1. The van der Waals surface area contributed by atoms with Gasteiger partial charge in [-0.3, -0.25) is 4.79 Å². The number of ether oxygens (including phenoxy) is 1. The minimum absolute atomic E-state index is 0.137. The zero-order valence-corrected chi connectivity index (χ0v) is 20.0. The molecule has 0 spiro atoms. The number of rotatable bonds is 6. The Morgan fingerprint density at radius 3 is 2.26 bits per heavy atom. The molecule has 0 aliphatic carbocycles. The van der Waals surface area contributed by atoms with Gasteiger partial charge in [-0.2, -0.15) is 0 Å². The quantitative estimate of drug-likeness (QED) is 0.415. The average Bonchev–Trinajstić information content (AvgIpc) is 3.49. The third kappa shape index (κ3) is 4.78. The smallest absolute Gasteiger partial charge is 0.258 e. The standard InChI is InChI=1S/C30H30N2O3/c1-30(2)32(27(21-35-30)19-22-9-5-3-6-10-22)29(34)28(33)25-17-18-31(20-25)26-15-13-24(14-16-26)23-11-7-4-8-12-23/h3-18,20,27-28,33H,19,21H2,1-2H3/t27-,28?/m0/s1. The largest absolute Gasteiger partial charge is 0.378 e. The highest BCUT2D eigenvalue weighted by Gasteiger charge is 2.45. The van der Waals surface area contributed by atoms with Crippen LogP contribution >= 0.6 is 0 Å². The lowest BCUT2D eigenvalue weighted by molar-refractivity contribution is -0.155. The molecule has 5 nitrogen and oxygen atoms in total. The second-order valence-electron chi connectivity index (χ2n) is 9.48. The number of carbonyl (C=O) groups excluding carboxylic acids is 1. The van der Waals surface area contributed by atoms with Gasteiger partial charge in [-0.1, -0.05) is 72.8 Å². The molecule has 178 valence electrons. The third-order valence-corrected chi connectivity index (χ3v) is 6.66. The molecule has 2 atom stereocenters. The van der Waals surface area contributed by atoms with Crippen molar-refractivity contribution in [1.29, 1.82) is 0 Å². The Kier molecular flexibility index (Phi) is 6.29. The van der Waals surface area contributed by atoms with Gasteiger partial charge in [-0.15, -0.1) is 0 Å². The van der Waals surface area contributed by atoms with Crippen LogP contribution in [-0.2, 0) is 16.0 Å². The van der Waals surface area contributed by atoms with E-state index in [-0.39, 0.29) is 11.9 Å². The number of aromatic nitrogens is 1. The van der Waals surface area contributed by atoms with E-state index in [0.29, 0.717) is 18.6 Å². The molecule has 3 aromatic carbocycles. The van der Waals surface area contributed by atoms with E-state index in [0.717, 1.165) is 22.4 Å². The second kappa shape index (κ2) is 9.53. The Labute approximate surface area is 206 Å². The van der Waals surface area contributed by atoms with Crippen molar-refractivity contribution in [2.75, 3.05) is 6.61 Å². The van der Waals surface area contributed by atoms with Crippen molar-refractivity contribution in [3.8, 4) is 16.8 Å². The van der Waals surface area contributed by atoms with Gasteiger partial charge in [0.1, 0.15) is 5.72 Å². The lowest BCUT2D eigenvalue weighted by Crippen LogP contribution is -2.50. The predicted molar refractivity (Wildman–Crippen MR) is 137 cm³/mol. The fraction of sp³-hybridized carbons (Fsp3) is 0.233. The highest BCUT2D eigenvalue weighted by Crippen LogP contribution is 2.33. The van der Waals surface area contributed by atoms with Gasteiger partial charge in [-0.05, 0) is 55.2 Å². The number of benzene rings is 3. The maximum absolute atomic E-state index is 13.5. The van der Waals surface area contributed by atoms with Crippen molar-refractivity contribution in [3.05, 3.63) is 115 Å². The van der Waals surface area contributed by atoms with E-state index in [9.17, 15) is 9.90 Å². The van der Waals surface area contributed by atoms with Crippen LogP contribution in [-0.4, -0.2) is 38.9 Å². The summed E-state index contributed by atoms with van der Waals surface area (Å²) < 4.78 is 7.88. The normalized spacial score (nSPS) is 17.9. The summed E-state index contributed by atoms with van der Waals surface area (Å²) >= 11 is 0. The summed E-state index contributed by atoms with van der Waals surface area (Å²) in [5, 5.41) is 11.1. The van der Waals surface area contributed by atoms with Crippen molar-refractivity contribution >= 4 is 5.91 Å². The maximum Gasteiger partial charge on any atom is 0.258 e. The van der Waals surface area contributed by atoms with Crippen molar-refractivity contribution in [3.63, 3.8) is 0 Å². The maximum atomic E-state index is 13.5. The zero-order chi connectivity index (χ0) is 24.4. The summed E-state index contributed by atoms with van der Waals surface area (Å²) in [4.78, 5) is 15.2. The predicted octanol–water partition coefficient (Wildman–Crippen LogP) is 5.38. The Morgan fingerprint density at radius 2 is 1.57 bits per heavy atom. The fourth-order valence-electron chi connectivity index (χ4n) is 4.83. The molecule has 1 unspecified atom stereocenters. The molecule has 4 aromatic rings. The molecule has 5 heteroatoms. The molecule has 1 N–H and O–H groups in total. The molecule has 2 heterocycles. The van der Waals surface area contributed by atoms with Crippen LogP contribution in [0.3, 0.4) is 0 Å². The van der Waals surface area contributed by atoms with Crippen molar-refractivity contribution in [1.82, 2.24) is 9.47 Å². The molecule has 35 heavy (non-hydrogen) atoms. The van der Waals surface area contributed by atoms with Gasteiger partial charge in [0.2, 0.25) is 0 Å². The molecule has 1 aliphatic heterocycles. The van der Waals surface area contributed by atoms with Gasteiger partial charge in [0, 0.05) is 23.6 Å². The van der Waals surface area contributed by atoms with E-state index in [1.54, 1.807) is 11.0 Å².